The van der Waals surface area contributed by atoms with E-state index >= 15 is 0 Å². The first-order valence-electron chi connectivity index (χ1n) is 15.4. The van der Waals surface area contributed by atoms with Crippen LogP contribution in [0, 0.1) is 31.8 Å². The number of aromatic nitrogens is 6. The predicted molar refractivity (Wildman–Crippen MR) is 189 cm³/mol. The van der Waals surface area contributed by atoms with E-state index in [-0.39, 0.29) is 0 Å². The summed E-state index contributed by atoms with van der Waals surface area (Å²) in [5.41, 5.74) is 9.96. The van der Waals surface area contributed by atoms with Crippen molar-refractivity contribution in [2.24, 2.45) is 0 Å². The van der Waals surface area contributed by atoms with Gasteiger partial charge in [0, 0.05) is 28.1 Å². The van der Waals surface area contributed by atoms with E-state index in [9.17, 15) is 5.26 Å². The molecule has 0 saturated carbocycles. The van der Waals surface area contributed by atoms with Crippen LogP contribution in [0.15, 0.2) is 109 Å². The first kappa shape index (κ1) is 28.6. The maximum atomic E-state index is 10.8. The molecule has 0 radical (unpaired) electrons. The average molecular weight is 619 g/mol. The molecule has 8 rings (SSSR count). The summed E-state index contributed by atoms with van der Waals surface area (Å²) >= 11 is 0. The summed E-state index contributed by atoms with van der Waals surface area (Å²) in [4.78, 5) is 30.4. The van der Waals surface area contributed by atoms with Gasteiger partial charge in [-0.15, -0.1) is 0 Å². The van der Waals surface area contributed by atoms with Crippen LogP contribution in [0.5, 0.6) is 0 Å². The molecule has 0 saturated heterocycles. The van der Waals surface area contributed by atoms with Crippen molar-refractivity contribution in [3.63, 3.8) is 0 Å². The lowest BCUT2D eigenvalue weighted by molar-refractivity contribution is 1.22. The third-order valence-electron chi connectivity index (χ3n) is 8.69. The molecule has 0 aliphatic rings. The van der Waals surface area contributed by atoms with Crippen LogP contribution >= 0.6 is 0 Å². The zero-order chi connectivity index (χ0) is 32.8. The van der Waals surface area contributed by atoms with E-state index < -0.39 is 0 Å². The molecule has 48 heavy (non-hydrogen) atoms. The number of nitrogens with zero attached hydrogens (tertiary/aromatic N) is 6. The largest absolute Gasteiger partial charge is 0.363 e. The van der Waals surface area contributed by atoms with Crippen molar-refractivity contribution in [3.8, 4) is 28.6 Å². The molecule has 8 nitrogen and oxygen atoms in total. The Labute approximate surface area is 275 Å². The lowest BCUT2D eigenvalue weighted by Crippen LogP contribution is -2.11. The van der Waals surface area contributed by atoms with Crippen molar-refractivity contribution in [1.82, 2.24) is 29.9 Å². The highest BCUT2D eigenvalue weighted by Crippen LogP contribution is 2.34. The van der Waals surface area contributed by atoms with Crippen LogP contribution in [0.4, 0.5) is 0 Å². The van der Waals surface area contributed by atoms with E-state index in [1.54, 1.807) is 12.4 Å². The van der Waals surface area contributed by atoms with Gasteiger partial charge in [-0.25, -0.2) is 9.83 Å². The Balaban J connectivity index is 1.60. The van der Waals surface area contributed by atoms with Crippen LogP contribution in [-0.2, 0) is 0 Å². The molecule has 0 amide bonds. The van der Waals surface area contributed by atoms with Gasteiger partial charge in [0.1, 0.15) is 17.3 Å². The van der Waals surface area contributed by atoms with Crippen molar-refractivity contribution in [3.05, 3.63) is 154 Å². The van der Waals surface area contributed by atoms with Crippen LogP contribution in [0.3, 0.4) is 0 Å². The fourth-order valence-electron chi connectivity index (χ4n) is 6.36. The molecule has 4 aromatic heterocycles. The van der Waals surface area contributed by atoms with Gasteiger partial charge in [0.2, 0.25) is 5.70 Å². The number of hydrogen-bond acceptors (Lipinski definition) is 5. The number of para-hydroxylation sites is 4. The van der Waals surface area contributed by atoms with Gasteiger partial charge < -0.3 is 9.97 Å². The molecule has 0 unspecified atom stereocenters. The third-order valence-corrected chi connectivity index (χ3v) is 8.69. The second-order valence-corrected chi connectivity index (χ2v) is 11.6. The Hall–Kier alpha value is -6.90. The Kier molecular flexibility index (Phi) is 6.83. The highest BCUT2D eigenvalue weighted by atomic mass is 14.9. The Bertz CT molecular complexity index is 2600. The van der Waals surface area contributed by atoms with E-state index in [1.807, 2.05) is 111 Å². The van der Waals surface area contributed by atoms with Crippen molar-refractivity contribution < 1.29 is 0 Å². The Morgan fingerprint density at radius 1 is 0.625 bits per heavy atom. The first-order valence-corrected chi connectivity index (χ1v) is 15.4. The van der Waals surface area contributed by atoms with E-state index in [0.717, 1.165) is 55.4 Å². The molecular formula is C40H26N8. The first-order chi connectivity index (χ1) is 23.6. The summed E-state index contributed by atoms with van der Waals surface area (Å²) in [6, 6.07) is 33.8. The molecule has 4 heterocycles. The Morgan fingerprint density at radius 3 is 1.62 bits per heavy atom. The molecule has 2 N–H and O–H groups in total. The molecule has 4 aromatic carbocycles. The molecule has 0 aliphatic carbocycles. The molecule has 0 aliphatic heterocycles. The summed E-state index contributed by atoms with van der Waals surface area (Å²) in [5.74, 6) is 0. The minimum absolute atomic E-state index is 0.322. The molecule has 0 fully saturated rings. The maximum Gasteiger partial charge on any atom is 0.237 e. The minimum Gasteiger partial charge on any atom is -0.363 e. The molecule has 8 aromatic rings. The standard InChI is InChI=1S/C40H26N8/c1-23-12-4-6-14-25(23)36-34-35(40(48-36)39(42-3)33-22-44-29-17-9-11-19-31(29)46-33)37(26-15-7-5-13-24(26)2)47-38(34)27(20-41)32-21-43-28-16-8-10-18-30(28)45-32/h4-19,21-22,47-48H,1-2H3/b38-27-,40-39+. The van der Waals surface area contributed by atoms with Crippen LogP contribution in [0.1, 0.15) is 22.5 Å². The average Bonchev–Trinajstić information content (AvgIpc) is 3.69. The normalized spacial score (nSPS) is 12.6. The number of fused-ring (bicyclic) bond motifs is 3. The van der Waals surface area contributed by atoms with Crippen LogP contribution in [0.25, 0.3) is 71.5 Å². The summed E-state index contributed by atoms with van der Waals surface area (Å²) in [6.45, 7) is 12.5. The summed E-state index contributed by atoms with van der Waals surface area (Å²) in [7, 11) is 0. The van der Waals surface area contributed by atoms with Crippen molar-refractivity contribution in [1.29, 1.82) is 5.26 Å². The number of H-pyrrole nitrogens is 2. The molecule has 0 spiro atoms. The monoisotopic (exact) mass is 618 g/mol. The molecule has 8 heteroatoms. The summed E-state index contributed by atoms with van der Waals surface area (Å²) in [6.07, 6.45) is 3.29. The second-order valence-electron chi connectivity index (χ2n) is 11.6. The zero-order valence-electron chi connectivity index (χ0n) is 26.1. The van der Waals surface area contributed by atoms with Gasteiger partial charge in [0.15, 0.2) is 0 Å². The molecule has 226 valence electrons. The van der Waals surface area contributed by atoms with Gasteiger partial charge in [-0.2, -0.15) is 5.26 Å². The fourth-order valence-corrected chi connectivity index (χ4v) is 6.36. The number of benzene rings is 4. The molecule has 0 bridgehead atoms. The van der Waals surface area contributed by atoms with Crippen LogP contribution in [-0.4, -0.2) is 29.9 Å². The number of rotatable bonds is 4. The highest BCUT2D eigenvalue weighted by molar-refractivity contribution is 6.08. The lowest BCUT2D eigenvalue weighted by Gasteiger charge is -2.06. The van der Waals surface area contributed by atoms with Crippen molar-refractivity contribution >= 4 is 44.1 Å². The van der Waals surface area contributed by atoms with Gasteiger partial charge in [-0.05, 0) is 49.2 Å². The topological polar surface area (TPSA) is 111 Å². The number of nitriles is 1. The van der Waals surface area contributed by atoms with Gasteiger partial charge >= 0.3 is 0 Å². The molecular weight excluding hydrogens is 592 g/mol. The van der Waals surface area contributed by atoms with E-state index in [1.165, 1.54) is 0 Å². The van der Waals surface area contributed by atoms with Gasteiger partial charge in [0.25, 0.3) is 0 Å². The Morgan fingerprint density at radius 2 is 1.08 bits per heavy atom. The SMILES string of the molecule is [C-]#[N+]/C(c1cnc2ccccc2n1)=c1/[nH]c(-c2ccccc2C)c2/c(=C(\C#N)c3cnc4ccccc4n3)[nH]c(-c3ccccc3C)c12. The third kappa shape index (κ3) is 4.60. The van der Waals surface area contributed by atoms with Gasteiger partial charge in [0.05, 0.1) is 62.6 Å². The quantitative estimate of drug-likeness (QED) is 0.204. The van der Waals surface area contributed by atoms with Gasteiger partial charge in [-0.3, -0.25) is 15.0 Å². The maximum absolute atomic E-state index is 10.8. The van der Waals surface area contributed by atoms with E-state index in [0.29, 0.717) is 44.4 Å². The zero-order valence-corrected chi connectivity index (χ0v) is 26.1. The van der Waals surface area contributed by atoms with Gasteiger partial charge in [-0.1, -0.05) is 72.8 Å². The number of hydrogen-bond donors (Lipinski definition) is 2. The second kappa shape index (κ2) is 11.5. The fraction of sp³-hybridized carbons (Fsp3) is 0.0500. The lowest BCUT2D eigenvalue weighted by atomic mass is 10.00. The highest BCUT2D eigenvalue weighted by Gasteiger charge is 2.24. The number of aryl methyl sites for hydroxylation is 2. The van der Waals surface area contributed by atoms with E-state index in [2.05, 4.69) is 30.9 Å². The van der Waals surface area contributed by atoms with Crippen molar-refractivity contribution in [2.75, 3.05) is 0 Å². The summed E-state index contributed by atoms with van der Waals surface area (Å²) in [5, 5.41) is 13.5. The predicted octanol–water partition coefficient (Wildman–Crippen LogP) is 7.13. The smallest absolute Gasteiger partial charge is 0.237 e. The van der Waals surface area contributed by atoms with E-state index in [4.69, 9.17) is 16.5 Å². The number of nitrogens with one attached hydrogen (secondary N) is 2. The minimum atomic E-state index is 0.322. The van der Waals surface area contributed by atoms with Crippen molar-refractivity contribution in [2.45, 2.75) is 13.8 Å². The molecule has 0 atom stereocenters. The number of aromatic amines is 2. The summed E-state index contributed by atoms with van der Waals surface area (Å²) < 4.78 is 0. The van der Waals surface area contributed by atoms with Crippen LogP contribution < -0.4 is 10.7 Å². The van der Waals surface area contributed by atoms with Crippen LogP contribution in [0.2, 0.25) is 0 Å².